The van der Waals surface area contributed by atoms with Crippen molar-refractivity contribution in [2.75, 3.05) is 19.4 Å². The monoisotopic (exact) mass is 223 g/mol. The Hall–Kier alpha value is -1.59. The van der Waals surface area contributed by atoms with Crippen molar-refractivity contribution in [3.05, 3.63) is 29.8 Å². The van der Waals surface area contributed by atoms with Gasteiger partial charge in [0.25, 0.3) is 0 Å². The molecule has 0 aliphatic heterocycles. The molecule has 0 amide bonds. The summed E-state index contributed by atoms with van der Waals surface area (Å²) >= 11 is 0. The van der Waals surface area contributed by atoms with Crippen LogP contribution in [0.1, 0.15) is 5.56 Å². The number of hydrazine groups is 1. The van der Waals surface area contributed by atoms with Crippen LogP contribution >= 0.6 is 0 Å². The summed E-state index contributed by atoms with van der Waals surface area (Å²) < 4.78 is 0. The summed E-state index contributed by atoms with van der Waals surface area (Å²) in [6, 6.07) is 7.06. The Bertz CT molecular complexity index is 338. The number of hydrogen-bond acceptors (Lipinski definition) is 4. The third-order valence-corrected chi connectivity index (χ3v) is 2.30. The SMILES string of the molecule is CNN[C@@H](Cc1ccc(NC)cc1)C(=O)O. The van der Waals surface area contributed by atoms with Crippen LogP contribution in [-0.2, 0) is 11.2 Å². The van der Waals surface area contributed by atoms with Crippen molar-refractivity contribution in [3.8, 4) is 0 Å². The first-order valence-electron chi connectivity index (χ1n) is 5.09. The first kappa shape index (κ1) is 12.5. The zero-order valence-corrected chi connectivity index (χ0v) is 9.45. The molecule has 1 aromatic carbocycles. The van der Waals surface area contributed by atoms with Crippen LogP contribution in [0, 0.1) is 0 Å². The summed E-state index contributed by atoms with van der Waals surface area (Å²) in [4.78, 5) is 10.9. The number of aliphatic carboxylic acids is 1. The molecule has 1 atom stereocenters. The smallest absolute Gasteiger partial charge is 0.322 e. The standard InChI is InChI=1S/C11H17N3O2/c1-12-9-5-3-8(4-6-9)7-10(11(15)16)14-13-2/h3-6,10,12-14H,7H2,1-2H3,(H,15,16)/t10-/m0/s1. The van der Waals surface area contributed by atoms with Crippen LogP contribution in [0.3, 0.4) is 0 Å². The minimum absolute atomic E-state index is 0.445. The van der Waals surface area contributed by atoms with E-state index in [1.54, 1.807) is 7.05 Å². The van der Waals surface area contributed by atoms with E-state index in [-0.39, 0.29) is 0 Å². The van der Waals surface area contributed by atoms with Gasteiger partial charge in [-0.25, -0.2) is 5.43 Å². The van der Waals surface area contributed by atoms with E-state index in [0.29, 0.717) is 6.42 Å². The maximum absolute atomic E-state index is 10.9. The molecule has 0 unspecified atom stereocenters. The van der Waals surface area contributed by atoms with Gasteiger partial charge in [-0.1, -0.05) is 12.1 Å². The lowest BCUT2D eigenvalue weighted by atomic mass is 10.1. The average molecular weight is 223 g/mol. The Morgan fingerprint density at radius 2 is 1.94 bits per heavy atom. The van der Waals surface area contributed by atoms with Gasteiger partial charge in [0.1, 0.15) is 6.04 Å². The average Bonchev–Trinajstić information content (AvgIpc) is 2.29. The van der Waals surface area contributed by atoms with E-state index in [1.807, 2.05) is 31.3 Å². The summed E-state index contributed by atoms with van der Waals surface area (Å²) in [6.07, 6.45) is 0.445. The Labute approximate surface area is 94.8 Å². The van der Waals surface area contributed by atoms with E-state index in [9.17, 15) is 4.79 Å². The molecular weight excluding hydrogens is 206 g/mol. The van der Waals surface area contributed by atoms with Crippen LogP contribution in [-0.4, -0.2) is 31.2 Å². The fourth-order valence-electron chi connectivity index (χ4n) is 1.42. The summed E-state index contributed by atoms with van der Waals surface area (Å²) in [7, 11) is 3.50. The molecule has 0 aliphatic carbocycles. The highest BCUT2D eigenvalue weighted by molar-refractivity contribution is 5.73. The van der Waals surface area contributed by atoms with Crippen LogP contribution in [0.4, 0.5) is 5.69 Å². The molecule has 1 aromatic rings. The number of carbonyl (C=O) groups is 1. The highest BCUT2D eigenvalue weighted by Crippen LogP contribution is 2.10. The highest BCUT2D eigenvalue weighted by atomic mass is 16.4. The second kappa shape index (κ2) is 6.09. The highest BCUT2D eigenvalue weighted by Gasteiger charge is 2.16. The topological polar surface area (TPSA) is 73.4 Å². The van der Waals surface area contributed by atoms with Gasteiger partial charge in [0, 0.05) is 12.7 Å². The Morgan fingerprint density at radius 3 is 2.38 bits per heavy atom. The van der Waals surface area contributed by atoms with E-state index in [0.717, 1.165) is 11.3 Å². The van der Waals surface area contributed by atoms with Crippen molar-refractivity contribution >= 4 is 11.7 Å². The fourth-order valence-corrected chi connectivity index (χ4v) is 1.42. The molecule has 0 bridgehead atoms. The summed E-state index contributed by atoms with van der Waals surface area (Å²) in [5, 5.41) is 12.0. The maximum atomic E-state index is 10.9. The fraction of sp³-hybridized carbons (Fsp3) is 0.364. The van der Waals surface area contributed by atoms with E-state index in [2.05, 4.69) is 16.2 Å². The molecule has 5 nitrogen and oxygen atoms in total. The van der Waals surface area contributed by atoms with Gasteiger partial charge in [0.2, 0.25) is 0 Å². The molecule has 5 heteroatoms. The minimum atomic E-state index is -0.868. The molecule has 4 N–H and O–H groups in total. The molecule has 88 valence electrons. The molecule has 0 saturated heterocycles. The van der Waals surface area contributed by atoms with Crippen LogP contribution < -0.4 is 16.2 Å². The number of hydrogen-bond donors (Lipinski definition) is 4. The van der Waals surface area contributed by atoms with E-state index >= 15 is 0 Å². The van der Waals surface area contributed by atoms with Crippen molar-refractivity contribution in [1.29, 1.82) is 0 Å². The molecule has 1 rings (SSSR count). The number of benzene rings is 1. The molecule has 0 radical (unpaired) electrons. The van der Waals surface area contributed by atoms with Crippen LogP contribution in [0.15, 0.2) is 24.3 Å². The molecule has 0 aliphatic rings. The summed E-state index contributed by atoms with van der Waals surface area (Å²) in [6.45, 7) is 0. The molecule has 0 fully saturated rings. The first-order chi connectivity index (χ1) is 7.67. The maximum Gasteiger partial charge on any atom is 0.322 e. The van der Waals surface area contributed by atoms with Crippen molar-refractivity contribution < 1.29 is 9.90 Å². The lowest BCUT2D eigenvalue weighted by Crippen LogP contribution is -2.45. The zero-order chi connectivity index (χ0) is 12.0. The molecule has 0 heterocycles. The first-order valence-corrected chi connectivity index (χ1v) is 5.09. The lowest BCUT2D eigenvalue weighted by molar-refractivity contribution is -0.139. The van der Waals surface area contributed by atoms with Gasteiger partial charge in [0.05, 0.1) is 0 Å². The molecular formula is C11H17N3O2. The number of carboxylic acids is 1. The van der Waals surface area contributed by atoms with Gasteiger partial charge in [-0.05, 0) is 31.2 Å². The third kappa shape index (κ3) is 3.52. The number of anilines is 1. The van der Waals surface area contributed by atoms with Crippen LogP contribution in [0.25, 0.3) is 0 Å². The Morgan fingerprint density at radius 1 is 1.31 bits per heavy atom. The predicted molar refractivity (Wildman–Crippen MR) is 63.3 cm³/mol. The van der Waals surface area contributed by atoms with Gasteiger partial charge in [-0.3, -0.25) is 10.2 Å². The largest absolute Gasteiger partial charge is 0.480 e. The number of nitrogens with one attached hydrogen (secondary N) is 3. The molecule has 0 aromatic heterocycles. The third-order valence-electron chi connectivity index (χ3n) is 2.30. The van der Waals surface area contributed by atoms with Crippen LogP contribution in [0.5, 0.6) is 0 Å². The second-order valence-corrected chi connectivity index (χ2v) is 3.44. The molecule has 16 heavy (non-hydrogen) atoms. The van der Waals surface area contributed by atoms with Gasteiger partial charge in [-0.15, -0.1) is 0 Å². The summed E-state index contributed by atoms with van der Waals surface area (Å²) in [5.74, 6) is -0.868. The van der Waals surface area contributed by atoms with Gasteiger partial charge >= 0.3 is 5.97 Å². The van der Waals surface area contributed by atoms with Crippen molar-refractivity contribution in [3.63, 3.8) is 0 Å². The predicted octanol–water partition coefficient (Wildman–Crippen LogP) is 0.448. The van der Waals surface area contributed by atoms with E-state index in [4.69, 9.17) is 5.11 Å². The number of rotatable bonds is 6. The van der Waals surface area contributed by atoms with Crippen LogP contribution in [0.2, 0.25) is 0 Å². The van der Waals surface area contributed by atoms with E-state index < -0.39 is 12.0 Å². The van der Waals surface area contributed by atoms with Crippen molar-refractivity contribution in [2.45, 2.75) is 12.5 Å². The van der Waals surface area contributed by atoms with Crippen molar-refractivity contribution in [1.82, 2.24) is 10.9 Å². The van der Waals surface area contributed by atoms with Gasteiger partial charge < -0.3 is 10.4 Å². The van der Waals surface area contributed by atoms with Gasteiger partial charge in [-0.2, -0.15) is 0 Å². The summed E-state index contributed by atoms with van der Waals surface area (Å²) in [5.41, 5.74) is 7.33. The van der Waals surface area contributed by atoms with E-state index in [1.165, 1.54) is 0 Å². The Balaban J connectivity index is 2.65. The van der Waals surface area contributed by atoms with Gasteiger partial charge in [0.15, 0.2) is 0 Å². The molecule has 0 saturated carbocycles. The lowest BCUT2D eigenvalue weighted by Gasteiger charge is -2.13. The Kier molecular flexibility index (Phi) is 4.75. The quantitative estimate of drug-likeness (QED) is 0.527. The zero-order valence-electron chi connectivity index (χ0n) is 9.45. The minimum Gasteiger partial charge on any atom is -0.480 e. The normalized spacial score (nSPS) is 12.1. The molecule has 0 spiro atoms. The van der Waals surface area contributed by atoms with Crippen molar-refractivity contribution in [2.24, 2.45) is 0 Å². The second-order valence-electron chi connectivity index (χ2n) is 3.44. The number of carboxylic acid groups (broad SMARTS) is 1.